The number of fused-ring (bicyclic) bond motifs is 1. The third kappa shape index (κ3) is 3.98. The summed E-state index contributed by atoms with van der Waals surface area (Å²) >= 11 is 6.01. The van der Waals surface area contributed by atoms with Crippen molar-refractivity contribution in [1.82, 2.24) is 14.9 Å². The third-order valence-electron chi connectivity index (χ3n) is 5.41. The minimum atomic E-state index is -0.0580. The molecule has 4 rings (SSSR count). The Labute approximate surface area is 179 Å². The molecule has 1 aliphatic rings. The van der Waals surface area contributed by atoms with Gasteiger partial charge in [-0.1, -0.05) is 23.2 Å². The van der Waals surface area contributed by atoms with Crippen LogP contribution in [0.4, 0.5) is 5.69 Å². The average molecular weight is 425 g/mol. The van der Waals surface area contributed by atoms with Crippen LogP contribution in [0.5, 0.6) is 0 Å². The van der Waals surface area contributed by atoms with E-state index in [1.165, 1.54) is 18.6 Å². The second-order valence-electron chi connectivity index (χ2n) is 7.60. The Hall–Kier alpha value is -3.06. The van der Waals surface area contributed by atoms with Gasteiger partial charge in [0, 0.05) is 18.8 Å². The summed E-state index contributed by atoms with van der Waals surface area (Å²) in [6.45, 7) is 4.53. The number of pyridine rings is 1. The number of nitrogens with two attached hydrogens (primary N) is 1. The summed E-state index contributed by atoms with van der Waals surface area (Å²) in [6, 6.07) is 7.47. The Balaban J connectivity index is 1.63. The number of oxazole rings is 1. The molecule has 1 fully saturated rings. The molecule has 2 atom stereocenters. The van der Waals surface area contributed by atoms with Crippen LogP contribution in [0.3, 0.4) is 0 Å². The maximum absolute atomic E-state index is 13.5. The highest BCUT2D eigenvalue weighted by Gasteiger charge is 2.33. The van der Waals surface area contributed by atoms with Gasteiger partial charge in [0.15, 0.2) is 6.21 Å². The van der Waals surface area contributed by atoms with Gasteiger partial charge in [-0.3, -0.25) is 10.2 Å². The predicted octanol–water partition coefficient (Wildman–Crippen LogP) is 3.13. The number of hydrogen-bond donors (Lipinski definition) is 1. The van der Waals surface area contributed by atoms with Crippen molar-refractivity contribution >= 4 is 46.9 Å². The van der Waals surface area contributed by atoms with Crippen LogP contribution in [-0.2, 0) is 0 Å². The van der Waals surface area contributed by atoms with Crippen molar-refractivity contribution in [3.63, 3.8) is 0 Å². The van der Waals surface area contributed by atoms with E-state index >= 15 is 0 Å². The van der Waals surface area contributed by atoms with Gasteiger partial charge in [-0.05, 0) is 44.9 Å². The monoisotopic (exact) mass is 424 g/mol. The van der Waals surface area contributed by atoms with Gasteiger partial charge >= 0.3 is 0 Å². The first-order chi connectivity index (χ1) is 14.5. The first-order valence-electron chi connectivity index (χ1n) is 9.87. The zero-order valence-electron chi connectivity index (χ0n) is 16.9. The molecular weight excluding hydrogens is 402 g/mol. The van der Waals surface area contributed by atoms with E-state index < -0.39 is 0 Å². The van der Waals surface area contributed by atoms with Crippen molar-refractivity contribution in [3.8, 4) is 0 Å². The largest absolute Gasteiger partial charge is 0.422 e. The molecule has 1 aliphatic heterocycles. The second-order valence-corrected chi connectivity index (χ2v) is 8.04. The number of hydrogen-bond acceptors (Lipinski definition) is 5. The molecule has 1 amide bonds. The topological polar surface area (TPSA) is 97.2 Å². The van der Waals surface area contributed by atoms with Gasteiger partial charge in [-0.15, -0.1) is 0 Å². The van der Waals surface area contributed by atoms with Crippen molar-refractivity contribution < 1.29 is 14.6 Å². The number of rotatable bonds is 4. The van der Waals surface area contributed by atoms with Crippen molar-refractivity contribution in [1.29, 1.82) is 0 Å². The first kappa shape index (κ1) is 20.2. The number of amides is 1. The van der Waals surface area contributed by atoms with E-state index in [9.17, 15) is 4.79 Å². The van der Waals surface area contributed by atoms with E-state index in [2.05, 4.69) is 21.9 Å². The Bertz CT molecular complexity index is 1140. The van der Waals surface area contributed by atoms with Gasteiger partial charge in [0.05, 0.1) is 28.4 Å². The fraction of sp³-hybridized carbons (Fsp3) is 0.318. The number of piperidine rings is 1. The fourth-order valence-corrected chi connectivity index (χ4v) is 3.95. The molecule has 2 N–H and O–H groups in total. The number of aromatic nitrogens is 2. The van der Waals surface area contributed by atoms with Crippen LogP contribution < -0.4 is 5.41 Å². The van der Waals surface area contributed by atoms with Crippen LogP contribution in [0.1, 0.15) is 47.5 Å². The van der Waals surface area contributed by atoms with Crippen molar-refractivity contribution in [2.24, 2.45) is 4.99 Å². The average Bonchev–Trinajstić information content (AvgIpc) is 3.15. The lowest BCUT2D eigenvalue weighted by Crippen LogP contribution is -2.45. The highest BCUT2D eigenvalue weighted by molar-refractivity contribution is 6.30. The van der Waals surface area contributed by atoms with E-state index in [1.807, 2.05) is 30.0 Å². The van der Waals surface area contributed by atoms with Gasteiger partial charge in [-0.2, -0.15) is 0 Å². The van der Waals surface area contributed by atoms with Crippen molar-refractivity contribution in [2.45, 2.75) is 38.6 Å². The minimum Gasteiger partial charge on any atom is -0.422 e. The molecule has 1 unspecified atom stereocenters. The molecule has 3 heterocycles. The number of benzene rings is 1. The molecule has 0 radical (unpaired) electrons. The molecule has 0 spiro atoms. The maximum Gasteiger partial charge on any atom is 0.256 e. The van der Waals surface area contributed by atoms with E-state index in [0.29, 0.717) is 39.9 Å². The van der Waals surface area contributed by atoms with Crippen LogP contribution in [-0.4, -0.2) is 45.8 Å². The molecule has 30 heavy (non-hydrogen) atoms. The first-order valence-corrected chi connectivity index (χ1v) is 10.2. The maximum atomic E-state index is 13.5. The van der Waals surface area contributed by atoms with Crippen LogP contribution >= 0.6 is 11.6 Å². The number of carbonyl (C=O) groups excluding carboxylic acids is 1. The Kier molecular flexibility index (Phi) is 5.63. The summed E-state index contributed by atoms with van der Waals surface area (Å²) in [4.78, 5) is 28.4. The molecule has 154 valence electrons. The summed E-state index contributed by atoms with van der Waals surface area (Å²) in [5.41, 5.74) is 3.24. The molecule has 1 saturated heterocycles. The van der Waals surface area contributed by atoms with Crippen LogP contribution in [0.2, 0.25) is 5.02 Å². The predicted molar refractivity (Wildman–Crippen MR) is 117 cm³/mol. The van der Waals surface area contributed by atoms with Crippen molar-refractivity contribution in [3.05, 3.63) is 52.5 Å². The van der Waals surface area contributed by atoms with E-state index in [4.69, 9.17) is 21.4 Å². The quantitative estimate of drug-likeness (QED) is 0.650. The molecular formula is C22H23ClN5O2+. The molecule has 1 aromatic carbocycles. The van der Waals surface area contributed by atoms with Crippen LogP contribution in [0, 0.1) is 6.92 Å². The van der Waals surface area contributed by atoms with Crippen LogP contribution in [0.25, 0.3) is 11.2 Å². The summed E-state index contributed by atoms with van der Waals surface area (Å²) in [5, 5.41) is 5.93. The summed E-state index contributed by atoms with van der Waals surface area (Å²) < 4.78 is 5.87. The highest BCUT2D eigenvalue weighted by atomic mass is 35.5. The number of aliphatic imine (C=N–C) groups is 1. The van der Waals surface area contributed by atoms with E-state index in [0.717, 1.165) is 18.4 Å². The highest BCUT2D eigenvalue weighted by Crippen LogP contribution is 2.33. The SMILES string of the molecule is Cc1ccc(N=CC=[NH2+])c(C(=O)N2CC(c3nc4cc(Cl)cnc4o3)CC[C@H]2C)c1. The van der Waals surface area contributed by atoms with Gasteiger partial charge in [-0.25, -0.2) is 15.0 Å². The van der Waals surface area contributed by atoms with Gasteiger partial charge in [0.1, 0.15) is 5.52 Å². The summed E-state index contributed by atoms with van der Waals surface area (Å²) in [7, 11) is 0. The zero-order valence-corrected chi connectivity index (χ0v) is 17.6. The molecule has 0 aliphatic carbocycles. The van der Waals surface area contributed by atoms with Gasteiger partial charge < -0.3 is 9.32 Å². The lowest BCUT2D eigenvalue weighted by molar-refractivity contribution is -0.102. The second kappa shape index (κ2) is 8.36. The number of nitrogens with zero attached hydrogens (tertiary/aromatic N) is 4. The lowest BCUT2D eigenvalue weighted by Gasteiger charge is -2.37. The van der Waals surface area contributed by atoms with Crippen LogP contribution in [0.15, 0.2) is 39.9 Å². The summed E-state index contributed by atoms with van der Waals surface area (Å²) in [5.74, 6) is 0.522. The molecule has 2 aromatic heterocycles. The van der Waals surface area contributed by atoms with E-state index in [1.54, 1.807) is 6.07 Å². The Morgan fingerprint density at radius 1 is 1.37 bits per heavy atom. The molecule has 0 bridgehead atoms. The standard InChI is InChI=1S/C22H22ClN5O2/c1-13-3-6-18(25-8-7-24)17(9-13)22(29)28-12-15(5-4-14(28)2)20-27-19-10-16(23)11-26-21(19)30-20/h3,6-11,14-15,24H,4-5,12H2,1-2H3/p+1/t14-,15?/m1/s1. The molecule has 7 nitrogen and oxygen atoms in total. The fourth-order valence-electron chi connectivity index (χ4n) is 3.79. The lowest BCUT2D eigenvalue weighted by atomic mass is 9.92. The van der Waals surface area contributed by atoms with Gasteiger partial charge in [0.2, 0.25) is 11.6 Å². The normalized spacial score (nSPS) is 19.5. The third-order valence-corrected chi connectivity index (χ3v) is 5.61. The minimum absolute atomic E-state index is 0.00717. The van der Waals surface area contributed by atoms with E-state index in [-0.39, 0.29) is 17.9 Å². The Morgan fingerprint density at radius 2 is 2.20 bits per heavy atom. The summed E-state index contributed by atoms with van der Waals surface area (Å²) in [6.07, 6.45) is 6.11. The number of carbonyl (C=O) groups is 1. The molecule has 0 saturated carbocycles. The smallest absolute Gasteiger partial charge is 0.256 e. The number of halogens is 1. The van der Waals surface area contributed by atoms with Crippen molar-refractivity contribution in [2.75, 3.05) is 6.54 Å². The Morgan fingerprint density at radius 3 is 3.00 bits per heavy atom. The molecule has 3 aromatic rings. The zero-order chi connectivity index (χ0) is 21.3. The number of likely N-dealkylation sites (tertiary alicyclic amines) is 1. The number of aryl methyl sites for hydroxylation is 1. The van der Waals surface area contributed by atoms with Gasteiger partial charge in [0.25, 0.3) is 5.91 Å². The molecule has 8 heteroatoms.